The molecular formula is C9H18N6O2+2. The zero-order valence-electron chi connectivity index (χ0n) is 9.35. The molecule has 17 heavy (non-hydrogen) atoms. The van der Waals surface area contributed by atoms with Gasteiger partial charge in [0.1, 0.15) is 12.1 Å². The van der Waals surface area contributed by atoms with Crippen molar-refractivity contribution in [3.63, 3.8) is 0 Å². The van der Waals surface area contributed by atoms with Crippen LogP contribution in [0, 0.1) is 0 Å². The fraction of sp³-hybridized carbons (Fsp3) is 0.778. The normalized spacial score (nSPS) is 43.6. The Bertz CT molecular complexity index is 422. The summed E-state index contributed by atoms with van der Waals surface area (Å²) in [7, 11) is 0. The maximum atomic E-state index is 10.2. The number of hydrogen-bond donors (Lipinski definition) is 7. The Hall–Kier alpha value is -1.54. The zero-order chi connectivity index (χ0) is 12.2. The number of hydrogen-bond acceptors (Lipinski definition) is 6. The van der Waals surface area contributed by atoms with Crippen LogP contribution in [0.25, 0.3) is 0 Å². The molecule has 0 bridgehead atoms. The van der Waals surface area contributed by atoms with Gasteiger partial charge in [-0.05, 0) is 0 Å². The minimum Gasteiger partial charge on any atom is -0.393 e. The second-order valence-electron chi connectivity index (χ2n) is 4.76. The molecule has 94 valence electrons. The molecule has 8 nitrogen and oxygen atoms in total. The van der Waals surface area contributed by atoms with Crippen LogP contribution >= 0.6 is 0 Å². The summed E-state index contributed by atoms with van der Waals surface area (Å²) < 4.78 is 1.88. The molecule has 0 aromatic carbocycles. The maximum absolute atomic E-state index is 10.2. The Balaban J connectivity index is 2.13. The van der Waals surface area contributed by atoms with Crippen molar-refractivity contribution in [3.8, 4) is 0 Å². The Morgan fingerprint density at radius 2 is 2.29 bits per heavy atom. The van der Waals surface area contributed by atoms with Gasteiger partial charge in [0.25, 0.3) is 5.66 Å². The van der Waals surface area contributed by atoms with Crippen LogP contribution in [-0.2, 0) is 0 Å². The van der Waals surface area contributed by atoms with Gasteiger partial charge >= 0.3 is 11.9 Å². The van der Waals surface area contributed by atoms with E-state index in [1.807, 2.05) is 4.58 Å². The van der Waals surface area contributed by atoms with Crippen LogP contribution in [0.15, 0.2) is 0 Å². The van der Waals surface area contributed by atoms with Crippen molar-refractivity contribution in [3.05, 3.63) is 0 Å². The van der Waals surface area contributed by atoms with E-state index in [0.29, 0.717) is 24.9 Å². The van der Waals surface area contributed by atoms with Gasteiger partial charge in [0, 0.05) is 6.42 Å². The molecule has 3 aliphatic heterocycles. The summed E-state index contributed by atoms with van der Waals surface area (Å²) in [5, 5.41) is 25.8. The number of rotatable bonds is 1. The van der Waals surface area contributed by atoms with Crippen LogP contribution in [-0.4, -0.2) is 63.7 Å². The molecule has 1 saturated heterocycles. The quantitative estimate of drug-likeness (QED) is 0.229. The minimum absolute atomic E-state index is 0.0877. The number of nitrogens with zero attached hydrogens (tertiary/aromatic N) is 1. The van der Waals surface area contributed by atoms with Gasteiger partial charge in [-0.1, -0.05) is 0 Å². The van der Waals surface area contributed by atoms with Gasteiger partial charge < -0.3 is 10.2 Å². The van der Waals surface area contributed by atoms with E-state index < -0.39 is 11.8 Å². The molecule has 3 rings (SSSR count). The predicted molar refractivity (Wildman–Crippen MR) is 58.8 cm³/mol. The molecule has 0 unspecified atom stereocenters. The first-order chi connectivity index (χ1) is 8.09. The molecule has 4 atom stereocenters. The van der Waals surface area contributed by atoms with Crippen LogP contribution in [0.4, 0.5) is 0 Å². The van der Waals surface area contributed by atoms with Gasteiger partial charge in [0.05, 0.1) is 13.2 Å². The lowest BCUT2D eigenvalue weighted by molar-refractivity contribution is -0.660. The van der Waals surface area contributed by atoms with E-state index in [1.54, 1.807) is 0 Å². The summed E-state index contributed by atoms with van der Waals surface area (Å²) in [5.41, 5.74) is 11.0. The highest BCUT2D eigenvalue weighted by molar-refractivity contribution is 5.77. The van der Waals surface area contributed by atoms with E-state index in [9.17, 15) is 10.2 Å². The highest BCUT2D eigenvalue weighted by Crippen LogP contribution is 2.29. The van der Waals surface area contributed by atoms with Crippen molar-refractivity contribution >= 4 is 11.9 Å². The molecule has 1 spiro atoms. The van der Waals surface area contributed by atoms with Crippen LogP contribution in [0.3, 0.4) is 0 Å². The van der Waals surface area contributed by atoms with Crippen molar-refractivity contribution in [2.45, 2.75) is 30.3 Å². The monoisotopic (exact) mass is 242 g/mol. The molecule has 0 aromatic rings. The first kappa shape index (κ1) is 10.6. The van der Waals surface area contributed by atoms with Crippen molar-refractivity contribution < 1.29 is 19.8 Å². The topological polar surface area (TPSA) is 134 Å². The number of aliphatic hydroxyl groups excluding tert-OH is 2. The lowest BCUT2D eigenvalue weighted by Crippen LogP contribution is -2.90. The second-order valence-corrected chi connectivity index (χ2v) is 4.76. The molecule has 1 fully saturated rings. The predicted octanol–water partition coefficient (Wildman–Crippen LogP) is -5.89. The third-order valence-electron chi connectivity index (χ3n) is 3.92. The van der Waals surface area contributed by atoms with Gasteiger partial charge in [0.15, 0.2) is 6.04 Å². The SMILES string of the molecule is NC1=[NH+][C@H]2[C@H](CO)NC(N)=[N+]3CC[C@@H](O)[C@]23N1. The number of aliphatic hydroxyl groups is 2. The Labute approximate surface area is 98.0 Å². The molecular weight excluding hydrogens is 224 g/mol. The van der Waals surface area contributed by atoms with E-state index in [-0.39, 0.29) is 18.7 Å². The maximum Gasteiger partial charge on any atom is 0.347 e. The first-order valence-corrected chi connectivity index (χ1v) is 5.72. The van der Waals surface area contributed by atoms with Gasteiger partial charge in [-0.25, -0.2) is 9.89 Å². The second kappa shape index (κ2) is 3.23. The Morgan fingerprint density at radius 1 is 1.53 bits per heavy atom. The fourth-order valence-electron chi connectivity index (χ4n) is 3.20. The Kier molecular flexibility index (Phi) is 2.02. The van der Waals surface area contributed by atoms with E-state index in [0.717, 1.165) is 0 Å². The number of nitrogens with one attached hydrogen (secondary N) is 3. The molecule has 0 saturated carbocycles. The molecule has 0 radical (unpaired) electrons. The van der Waals surface area contributed by atoms with E-state index in [4.69, 9.17) is 11.5 Å². The Morgan fingerprint density at radius 3 is 3.00 bits per heavy atom. The van der Waals surface area contributed by atoms with Crippen molar-refractivity contribution in [2.24, 2.45) is 11.5 Å². The summed E-state index contributed by atoms with van der Waals surface area (Å²) >= 11 is 0. The summed E-state index contributed by atoms with van der Waals surface area (Å²) in [6.07, 6.45) is 0.0228. The van der Waals surface area contributed by atoms with Crippen molar-refractivity contribution in [1.29, 1.82) is 0 Å². The molecule has 0 aromatic heterocycles. The highest BCUT2D eigenvalue weighted by Gasteiger charge is 2.67. The fourth-order valence-corrected chi connectivity index (χ4v) is 3.20. The smallest absolute Gasteiger partial charge is 0.347 e. The summed E-state index contributed by atoms with van der Waals surface area (Å²) in [6.45, 7) is 0.562. The van der Waals surface area contributed by atoms with Crippen LogP contribution in [0.5, 0.6) is 0 Å². The molecule has 0 amide bonds. The average Bonchev–Trinajstić information content (AvgIpc) is 2.80. The number of guanidine groups is 2. The number of nitrogens with two attached hydrogens (primary N) is 2. The molecule has 3 aliphatic rings. The highest BCUT2D eigenvalue weighted by atomic mass is 16.3. The van der Waals surface area contributed by atoms with Crippen LogP contribution < -0.4 is 27.1 Å². The zero-order valence-corrected chi connectivity index (χ0v) is 9.35. The van der Waals surface area contributed by atoms with Crippen LogP contribution in [0.1, 0.15) is 6.42 Å². The van der Waals surface area contributed by atoms with Crippen molar-refractivity contribution in [2.75, 3.05) is 13.2 Å². The summed E-state index contributed by atoms with van der Waals surface area (Å²) in [4.78, 5) is 3.06. The first-order valence-electron chi connectivity index (χ1n) is 5.72. The van der Waals surface area contributed by atoms with E-state index in [2.05, 4.69) is 15.6 Å². The minimum atomic E-state index is -0.743. The van der Waals surface area contributed by atoms with Crippen LogP contribution in [0.2, 0.25) is 0 Å². The lowest BCUT2D eigenvalue weighted by atomic mass is 9.89. The molecule has 8 heteroatoms. The van der Waals surface area contributed by atoms with Gasteiger partial charge in [-0.2, -0.15) is 0 Å². The van der Waals surface area contributed by atoms with Gasteiger partial charge in [0.2, 0.25) is 0 Å². The van der Waals surface area contributed by atoms with Gasteiger partial charge in [-0.3, -0.25) is 21.8 Å². The van der Waals surface area contributed by atoms with Crippen molar-refractivity contribution in [1.82, 2.24) is 10.6 Å². The third-order valence-corrected chi connectivity index (χ3v) is 3.92. The molecule has 0 aliphatic carbocycles. The summed E-state index contributed by atoms with van der Waals surface area (Å²) in [5.74, 6) is 0.858. The van der Waals surface area contributed by atoms with Gasteiger partial charge in [-0.15, -0.1) is 0 Å². The molecule has 3 heterocycles. The van der Waals surface area contributed by atoms with E-state index in [1.165, 1.54) is 0 Å². The largest absolute Gasteiger partial charge is 0.393 e. The van der Waals surface area contributed by atoms with E-state index >= 15 is 0 Å². The molecule has 9 N–H and O–H groups in total. The average molecular weight is 242 g/mol. The lowest BCUT2D eigenvalue weighted by Gasteiger charge is -2.36. The third kappa shape index (κ3) is 1.14. The standard InChI is InChI=1S/C9H16N6O2/c10-7-13-6-4(3-16)12-8(11)15-2-1-5(17)9(6,15)14-7/h4-6,16-17H,1-3H2,(H5,10,11,12,13,14)/p+2/t4-,5+,6-,9+/m0/s1. The summed E-state index contributed by atoms with van der Waals surface area (Å²) in [6, 6.07) is -0.509.